The van der Waals surface area contributed by atoms with E-state index < -0.39 is 28.5 Å². The topological polar surface area (TPSA) is 105 Å². The van der Waals surface area contributed by atoms with Crippen LogP contribution in [-0.2, 0) is 26.2 Å². The van der Waals surface area contributed by atoms with Crippen LogP contribution in [0.2, 0.25) is 0 Å². The zero-order valence-electron chi connectivity index (χ0n) is 23.4. The molecule has 0 bridgehead atoms. The number of nitrogens with one attached hydrogen (secondary N) is 1. The van der Waals surface area contributed by atoms with Crippen LogP contribution in [0.15, 0.2) is 78.9 Å². The molecule has 0 aliphatic heterocycles. The average Bonchev–Trinajstić information content (AvgIpc) is 2.95. The first-order valence-electron chi connectivity index (χ1n) is 13.1. The van der Waals surface area contributed by atoms with Gasteiger partial charge in [-0.1, -0.05) is 43.7 Å². The number of amides is 2. The summed E-state index contributed by atoms with van der Waals surface area (Å²) >= 11 is 0. The van der Waals surface area contributed by atoms with Crippen LogP contribution < -0.4 is 19.1 Å². The minimum Gasteiger partial charge on any atom is -0.497 e. The SMILES string of the molecule is CCCCNC(=O)[C@@H](C)N(Cc1cccc(OC)c1)C(=O)CN(c1ccc(Oc2ccccc2)cc1)S(C)(=O)=O. The van der Waals surface area contributed by atoms with Crippen molar-refractivity contribution < 1.29 is 27.5 Å². The Labute approximate surface area is 236 Å². The Morgan fingerprint density at radius 3 is 2.20 bits per heavy atom. The van der Waals surface area contributed by atoms with E-state index in [0.29, 0.717) is 29.5 Å². The summed E-state index contributed by atoms with van der Waals surface area (Å²) in [7, 11) is -2.29. The van der Waals surface area contributed by atoms with Gasteiger partial charge in [0.2, 0.25) is 21.8 Å². The monoisotopic (exact) mass is 567 g/mol. The molecular weight excluding hydrogens is 530 g/mol. The van der Waals surface area contributed by atoms with Crippen LogP contribution >= 0.6 is 0 Å². The van der Waals surface area contributed by atoms with Crippen molar-refractivity contribution in [2.45, 2.75) is 39.3 Å². The summed E-state index contributed by atoms with van der Waals surface area (Å²) in [4.78, 5) is 28.0. The van der Waals surface area contributed by atoms with Crippen LogP contribution in [-0.4, -0.2) is 57.6 Å². The molecule has 2 amide bonds. The predicted molar refractivity (Wildman–Crippen MR) is 156 cm³/mol. The van der Waals surface area contributed by atoms with Crippen LogP contribution in [0.25, 0.3) is 0 Å². The number of sulfonamides is 1. The molecule has 214 valence electrons. The van der Waals surface area contributed by atoms with E-state index in [1.54, 1.807) is 56.5 Å². The number of anilines is 1. The molecule has 0 saturated carbocycles. The Hall–Kier alpha value is -4.05. The van der Waals surface area contributed by atoms with Crippen molar-refractivity contribution >= 4 is 27.5 Å². The zero-order chi connectivity index (χ0) is 29.1. The molecule has 9 nitrogen and oxygen atoms in total. The van der Waals surface area contributed by atoms with E-state index in [4.69, 9.17) is 9.47 Å². The Kier molecular flexibility index (Phi) is 11.0. The lowest BCUT2D eigenvalue weighted by molar-refractivity contribution is -0.139. The number of rotatable bonds is 14. The molecule has 3 rings (SSSR count). The number of nitrogens with zero attached hydrogens (tertiary/aromatic N) is 2. The third-order valence-corrected chi connectivity index (χ3v) is 7.41. The summed E-state index contributed by atoms with van der Waals surface area (Å²) in [6, 6.07) is 22.0. The Morgan fingerprint density at radius 2 is 1.57 bits per heavy atom. The third-order valence-electron chi connectivity index (χ3n) is 6.27. The van der Waals surface area contributed by atoms with Crippen LogP contribution in [0.3, 0.4) is 0 Å². The Bertz CT molecular complexity index is 1360. The second kappa shape index (κ2) is 14.4. The molecule has 10 heteroatoms. The Morgan fingerprint density at radius 1 is 0.925 bits per heavy atom. The standard InChI is InChI=1S/C30H37N3O6S/c1-5-6-19-31-30(35)23(2)32(21-24-11-10-14-28(20-24)38-3)29(34)22-33(40(4,36)37)25-15-17-27(18-16-25)39-26-12-8-7-9-13-26/h7-18,20,23H,5-6,19,21-22H2,1-4H3,(H,31,35)/t23-/m1/s1. The number of hydrogen-bond acceptors (Lipinski definition) is 6. The van der Waals surface area contributed by atoms with Crippen molar-refractivity contribution in [3.05, 3.63) is 84.4 Å². The van der Waals surface area contributed by atoms with Gasteiger partial charge < -0.3 is 19.7 Å². The minimum absolute atomic E-state index is 0.0971. The summed E-state index contributed by atoms with van der Waals surface area (Å²) in [5.74, 6) is 0.950. The van der Waals surface area contributed by atoms with Gasteiger partial charge in [-0.15, -0.1) is 0 Å². The van der Waals surface area contributed by atoms with E-state index in [1.807, 2.05) is 43.3 Å². The van der Waals surface area contributed by atoms with Gasteiger partial charge in [0, 0.05) is 13.1 Å². The number of unbranched alkanes of at least 4 members (excludes halogenated alkanes) is 1. The van der Waals surface area contributed by atoms with E-state index in [1.165, 1.54) is 4.90 Å². The van der Waals surface area contributed by atoms with Crippen molar-refractivity contribution in [1.82, 2.24) is 10.2 Å². The second-order valence-electron chi connectivity index (χ2n) is 9.37. The lowest BCUT2D eigenvalue weighted by atomic mass is 10.1. The molecule has 1 atom stereocenters. The number of benzene rings is 3. The summed E-state index contributed by atoms with van der Waals surface area (Å²) < 4.78 is 37.8. The first kappa shape index (κ1) is 30.5. The third kappa shape index (κ3) is 8.74. The number of ether oxygens (including phenoxy) is 2. The molecule has 3 aromatic carbocycles. The molecule has 0 fully saturated rings. The molecule has 0 unspecified atom stereocenters. The number of hydrogen-bond donors (Lipinski definition) is 1. The highest BCUT2D eigenvalue weighted by Gasteiger charge is 2.30. The molecule has 40 heavy (non-hydrogen) atoms. The predicted octanol–water partition coefficient (Wildman–Crippen LogP) is 4.59. The Balaban J connectivity index is 1.85. The molecule has 0 aliphatic rings. The number of methoxy groups -OCH3 is 1. The lowest BCUT2D eigenvalue weighted by Crippen LogP contribution is -2.51. The van der Waals surface area contributed by atoms with Crippen LogP contribution in [0.4, 0.5) is 5.69 Å². The highest BCUT2D eigenvalue weighted by molar-refractivity contribution is 7.92. The van der Waals surface area contributed by atoms with Crippen molar-refractivity contribution in [3.63, 3.8) is 0 Å². The van der Waals surface area contributed by atoms with E-state index in [2.05, 4.69) is 5.32 Å². The van der Waals surface area contributed by atoms with E-state index in [0.717, 1.165) is 29.0 Å². The molecule has 3 aromatic rings. The number of carbonyl (C=O) groups excluding carboxylic acids is 2. The second-order valence-corrected chi connectivity index (χ2v) is 11.3. The zero-order valence-corrected chi connectivity index (χ0v) is 24.2. The van der Waals surface area contributed by atoms with Crippen molar-refractivity contribution in [2.24, 2.45) is 0 Å². The molecule has 1 N–H and O–H groups in total. The number of carbonyl (C=O) groups is 2. The van der Waals surface area contributed by atoms with Gasteiger partial charge >= 0.3 is 0 Å². The normalized spacial score (nSPS) is 11.8. The highest BCUT2D eigenvalue weighted by atomic mass is 32.2. The summed E-state index contributed by atoms with van der Waals surface area (Å²) in [5.41, 5.74) is 1.05. The molecule has 0 heterocycles. The molecule has 0 saturated heterocycles. The van der Waals surface area contributed by atoms with Crippen molar-refractivity contribution in [3.8, 4) is 17.2 Å². The van der Waals surface area contributed by atoms with Gasteiger partial charge in [-0.25, -0.2) is 8.42 Å². The molecule has 0 spiro atoms. The fourth-order valence-corrected chi connectivity index (χ4v) is 4.85. The summed E-state index contributed by atoms with van der Waals surface area (Å²) in [6.07, 6.45) is 2.77. The van der Waals surface area contributed by atoms with E-state index >= 15 is 0 Å². The van der Waals surface area contributed by atoms with Gasteiger partial charge in [0.15, 0.2) is 0 Å². The highest BCUT2D eigenvalue weighted by Crippen LogP contribution is 2.26. The minimum atomic E-state index is -3.84. The van der Waals surface area contributed by atoms with Gasteiger partial charge in [-0.2, -0.15) is 0 Å². The fourth-order valence-electron chi connectivity index (χ4n) is 4.00. The lowest BCUT2D eigenvalue weighted by Gasteiger charge is -2.31. The molecular formula is C30H37N3O6S. The van der Waals surface area contributed by atoms with Crippen molar-refractivity contribution in [2.75, 3.05) is 30.8 Å². The molecule has 0 aromatic heterocycles. The maximum absolute atomic E-state index is 13.7. The van der Waals surface area contributed by atoms with Crippen LogP contribution in [0.5, 0.6) is 17.2 Å². The quantitative estimate of drug-likeness (QED) is 0.286. The van der Waals surface area contributed by atoms with Gasteiger partial charge in [-0.05, 0) is 67.4 Å². The number of para-hydroxylation sites is 1. The summed E-state index contributed by atoms with van der Waals surface area (Å²) in [5, 5.41) is 2.87. The summed E-state index contributed by atoms with van der Waals surface area (Å²) in [6.45, 7) is 3.77. The van der Waals surface area contributed by atoms with Gasteiger partial charge in [0.25, 0.3) is 0 Å². The van der Waals surface area contributed by atoms with Gasteiger partial charge in [0.1, 0.15) is 29.8 Å². The smallest absolute Gasteiger partial charge is 0.244 e. The van der Waals surface area contributed by atoms with Crippen LogP contribution in [0.1, 0.15) is 32.3 Å². The fraction of sp³-hybridized carbons (Fsp3) is 0.333. The van der Waals surface area contributed by atoms with E-state index in [9.17, 15) is 18.0 Å². The van der Waals surface area contributed by atoms with Crippen LogP contribution in [0, 0.1) is 0 Å². The van der Waals surface area contributed by atoms with Crippen molar-refractivity contribution in [1.29, 1.82) is 0 Å². The molecule has 0 aliphatic carbocycles. The molecule has 0 radical (unpaired) electrons. The first-order chi connectivity index (χ1) is 19.1. The van der Waals surface area contributed by atoms with Gasteiger partial charge in [0.05, 0.1) is 19.1 Å². The maximum Gasteiger partial charge on any atom is 0.244 e. The largest absolute Gasteiger partial charge is 0.497 e. The maximum atomic E-state index is 13.7. The average molecular weight is 568 g/mol. The van der Waals surface area contributed by atoms with Gasteiger partial charge in [-0.3, -0.25) is 13.9 Å². The first-order valence-corrected chi connectivity index (χ1v) is 15.0. The van der Waals surface area contributed by atoms with E-state index in [-0.39, 0.29) is 12.5 Å².